The van der Waals surface area contributed by atoms with Crippen LogP contribution in [0.1, 0.15) is 50.5 Å². The fourth-order valence-corrected chi connectivity index (χ4v) is 5.18. The Morgan fingerprint density at radius 3 is 2.14 bits per heavy atom. The molecule has 1 aromatic carbocycles. The summed E-state index contributed by atoms with van der Waals surface area (Å²) in [6, 6.07) is 9.99. The van der Waals surface area contributed by atoms with Crippen LogP contribution in [-0.2, 0) is 9.53 Å². The standard InChI is InChI=1S/C19H24O2/c1-12(15-5-3-2-4-6-15)19(20)21-18-16-8-13-7-14(10-16)11-17(18)9-13/h2-6,12-14,16-18H,7-11H2,1H3. The van der Waals surface area contributed by atoms with Crippen LogP contribution in [0.5, 0.6) is 0 Å². The molecule has 4 bridgehead atoms. The summed E-state index contributed by atoms with van der Waals surface area (Å²) in [4.78, 5) is 12.5. The molecule has 0 aromatic heterocycles. The van der Waals surface area contributed by atoms with Gasteiger partial charge in [-0.1, -0.05) is 30.3 Å². The molecule has 0 radical (unpaired) electrons. The van der Waals surface area contributed by atoms with Crippen molar-refractivity contribution in [2.75, 3.05) is 0 Å². The number of carbonyl (C=O) groups excluding carboxylic acids is 1. The molecule has 4 aliphatic rings. The highest BCUT2D eigenvalue weighted by Gasteiger charge is 2.50. The molecule has 4 fully saturated rings. The number of esters is 1. The molecule has 4 saturated carbocycles. The zero-order chi connectivity index (χ0) is 14.4. The smallest absolute Gasteiger partial charge is 0.313 e. The van der Waals surface area contributed by atoms with E-state index in [-0.39, 0.29) is 18.0 Å². The summed E-state index contributed by atoms with van der Waals surface area (Å²) in [6.45, 7) is 1.97. The largest absolute Gasteiger partial charge is 0.461 e. The van der Waals surface area contributed by atoms with Crippen molar-refractivity contribution in [3.05, 3.63) is 35.9 Å². The van der Waals surface area contributed by atoms with Crippen molar-refractivity contribution in [2.45, 2.75) is 51.0 Å². The van der Waals surface area contributed by atoms with Crippen molar-refractivity contribution < 1.29 is 9.53 Å². The maximum Gasteiger partial charge on any atom is 0.313 e. The summed E-state index contributed by atoms with van der Waals surface area (Å²) in [5.41, 5.74) is 1.06. The molecule has 0 spiro atoms. The minimum absolute atomic E-state index is 0.0290. The van der Waals surface area contributed by atoms with Gasteiger partial charge in [0.05, 0.1) is 5.92 Å². The lowest BCUT2D eigenvalue weighted by Gasteiger charge is -2.53. The summed E-state index contributed by atoms with van der Waals surface area (Å²) >= 11 is 0. The Hall–Kier alpha value is -1.31. The van der Waals surface area contributed by atoms with E-state index in [9.17, 15) is 4.79 Å². The second kappa shape index (κ2) is 5.15. The molecular weight excluding hydrogens is 260 g/mol. The fourth-order valence-electron chi connectivity index (χ4n) is 5.18. The van der Waals surface area contributed by atoms with Crippen LogP contribution in [0.4, 0.5) is 0 Å². The van der Waals surface area contributed by atoms with Crippen molar-refractivity contribution >= 4 is 5.97 Å². The molecule has 1 aromatic rings. The molecule has 2 nitrogen and oxygen atoms in total. The minimum atomic E-state index is -0.150. The Kier molecular flexibility index (Phi) is 3.28. The van der Waals surface area contributed by atoms with Crippen molar-refractivity contribution in [1.29, 1.82) is 0 Å². The van der Waals surface area contributed by atoms with Gasteiger partial charge in [-0.25, -0.2) is 0 Å². The average Bonchev–Trinajstić information content (AvgIpc) is 2.50. The van der Waals surface area contributed by atoms with Crippen molar-refractivity contribution in [3.63, 3.8) is 0 Å². The first-order valence-corrected chi connectivity index (χ1v) is 8.46. The minimum Gasteiger partial charge on any atom is -0.461 e. The Labute approximate surface area is 126 Å². The molecule has 2 heteroatoms. The number of hydrogen-bond donors (Lipinski definition) is 0. The second-order valence-electron chi connectivity index (χ2n) is 7.46. The van der Waals surface area contributed by atoms with Gasteiger partial charge in [0.25, 0.3) is 0 Å². The summed E-state index contributed by atoms with van der Waals surface area (Å²) < 4.78 is 6.00. The van der Waals surface area contributed by atoms with E-state index >= 15 is 0 Å². The van der Waals surface area contributed by atoms with Crippen LogP contribution >= 0.6 is 0 Å². The first kappa shape index (κ1) is 13.4. The van der Waals surface area contributed by atoms with Gasteiger partial charge in [0.1, 0.15) is 6.10 Å². The number of carbonyl (C=O) groups is 1. The number of rotatable bonds is 3. The summed E-state index contributed by atoms with van der Waals surface area (Å²) in [7, 11) is 0. The first-order valence-electron chi connectivity index (χ1n) is 8.46. The molecular formula is C19H24O2. The molecule has 0 heterocycles. The van der Waals surface area contributed by atoms with E-state index in [0.29, 0.717) is 11.8 Å². The van der Waals surface area contributed by atoms with Gasteiger partial charge in [-0.2, -0.15) is 0 Å². The Morgan fingerprint density at radius 1 is 1.00 bits per heavy atom. The first-order chi connectivity index (χ1) is 10.2. The molecule has 112 valence electrons. The highest BCUT2D eigenvalue weighted by Crippen LogP contribution is 2.54. The molecule has 0 amide bonds. The van der Waals surface area contributed by atoms with Crippen LogP contribution in [0.2, 0.25) is 0 Å². The van der Waals surface area contributed by atoms with Crippen molar-refractivity contribution in [3.8, 4) is 0 Å². The lowest BCUT2D eigenvalue weighted by atomic mass is 9.55. The maximum absolute atomic E-state index is 12.5. The second-order valence-corrected chi connectivity index (χ2v) is 7.46. The Morgan fingerprint density at radius 2 is 1.57 bits per heavy atom. The highest BCUT2D eigenvalue weighted by atomic mass is 16.5. The normalized spacial score (nSPS) is 38.2. The van der Waals surface area contributed by atoms with E-state index in [2.05, 4.69) is 0 Å². The SMILES string of the molecule is CC(C(=O)OC1C2CC3CC(C2)CC1C3)c1ccccc1. The molecule has 4 aliphatic carbocycles. The van der Waals surface area contributed by atoms with Gasteiger partial charge < -0.3 is 4.74 Å². The molecule has 1 atom stereocenters. The maximum atomic E-state index is 12.5. The predicted molar refractivity (Wildman–Crippen MR) is 81.8 cm³/mol. The molecule has 0 saturated heterocycles. The van der Waals surface area contributed by atoms with E-state index in [0.717, 1.165) is 17.4 Å². The van der Waals surface area contributed by atoms with Crippen LogP contribution in [0.15, 0.2) is 30.3 Å². The molecule has 5 rings (SSSR count). The van der Waals surface area contributed by atoms with E-state index in [1.807, 2.05) is 37.3 Å². The summed E-state index contributed by atoms with van der Waals surface area (Å²) in [6.07, 6.45) is 6.83. The van der Waals surface area contributed by atoms with Gasteiger partial charge in [-0.15, -0.1) is 0 Å². The lowest BCUT2D eigenvalue weighted by molar-refractivity contribution is -0.172. The Bertz CT molecular complexity index is 494. The van der Waals surface area contributed by atoms with Crippen LogP contribution in [0.3, 0.4) is 0 Å². The van der Waals surface area contributed by atoms with Crippen molar-refractivity contribution in [2.24, 2.45) is 23.7 Å². The van der Waals surface area contributed by atoms with E-state index in [1.54, 1.807) is 0 Å². The van der Waals surface area contributed by atoms with E-state index < -0.39 is 0 Å². The zero-order valence-corrected chi connectivity index (χ0v) is 12.7. The van der Waals surface area contributed by atoms with Gasteiger partial charge in [0.15, 0.2) is 0 Å². The third-order valence-corrected chi connectivity index (χ3v) is 6.05. The van der Waals surface area contributed by atoms with E-state index in [4.69, 9.17) is 4.74 Å². The van der Waals surface area contributed by atoms with Gasteiger partial charge in [0, 0.05) is 0 Å². The highest BCUT2D eigenvalue weighted by molar-refractivity contribution is 5.77. The zero-order valence-electron chi connectivity index (χ0n) is 12.7. The van der Waals surface area contributed by atoms with Crippen molar-refractivity contribution in [1.82, 2.24) is 0 Å². The quantitative estimate of drug-likeness (QED) is 0.779. The molecule has 1 unspecified atom stereocenters. The van der Waals surface area contributed by atoms with Gasteiger partial charge in [-0.05, 0) is 68.3 Å². The molecule has 0 aliphatic heterocycles. The van der Waals surface area contributed by atoms with Crippen LogP contribution < -0.4 is 0 Å². The van der Waals surface area contributed by atoms with Crippen LogP contribution in [-0.4, -0.2) is 12.1 Å². The number of ether oxygens (including phenoxy) is 1. The summed E-state index contributed by atoms with van der Waals surface area (Å²) in [5.74, 6) is 2.96. The lowest BCUT2D eigenvalue weighted by Crippen LogP contribution is -2.50. The molecule has 21 heavy (non-hydrogen) atoms. The fraction of sp³-hybridized carbons (Fsp3) is 0.632. The average molecular weight is 284 g/mol. The Balaban J connectivity index is 1.45. The predicted octanol–water partition coefficient (Wildman–Crippen LogP) is 4.16. The monoisotopic (exact) mass is 284 g/mol. The number of benzene rings is 1. The third-order valence-electron chi connectivity index (χ3n) is 6.05. The third kappa shape index (κ3) is 2.39. The van der Waals surface area contributed by atoms with Crippen LogP contribution in [0, 0.1) is 23.7 Å². The van der Waals surface area contributed by atoms with Gasteiger partial charge >= 0.3 is 5.97 Å². The topological polar surface area (TPSA) is 26.3 Å². The number of hydrogen-bond acceptors (Lipinski definition) is 2. The van der Waals surface area contributed by atoms with Gasteiger partial charge in [0.2, 0.25) is 0 Å². The summed E-state index contributed by atoms with van der Waals surface area (Å²) in [5, 5.41) is 0. The van der Waals surface area contributed by atoms with Crippen LogP contribution in [0.25, 0.3) is 0 Å². The van der Waals surface area contributed by atoms with E-state index in [1.165, 1.54) is 32.1 Å². The molecule has 0 N–H and O–H groups in total. The van der Waals surface area contributed by atoms with Gasteiger partial charge in [-0.3, -0.25) is 4.79 Å².